The lowest BCUT2D eigenvalue weighted by Gasteiger charge is -2.30. The quantitative estimate of drug-likeness (QED) is 0.792. The molecule has 112 valence electrons. The van der Waals surface area contributed by atoms with Gasteiger partial charge in [-0.25, -0.2) is 0 Å². The summed E-state index contributed by atoms with van der Waals surface area (Å²) in [6, 6.07) is 8.01. The van der Waals surface area contributed by atoms with E-state index >= 15 is 0 Å². The fraction of sp³-hybridized carbons (Fsp3) is 0.533. The highest BCUT2D eigenvalue weighted by Crippen LogP contribution is 2.26. The molecule has 1 atom stereocenters. The maximum absolute atomic E-state index is 12.4. The molecule has 0 saturated heterocycles. The summed E-state index contributed by atoms with van der Waals surface area (Å²) in [4.78, 5) is 15.2. The smallest absolute Gasteiger partial charge is 0.235 e. The third-order valence-corrected chi connectivity index (χ3v) is 4.70. The highest BCUT2D eigenvalue weighted by atomic mass is 79.9. The molecule has 1 aromatic rings. The molecule has 0 heterocycles. The molecule has 1 rings (SSSR count). The Bertz CT molecular complexity index is 448. The van der Waals surface area contributed by atoms with Crippen LogP contribution in [0.4, 0.5) is 0 Å². The Morgan fingerprint density at radius 3 is 2.45 bits per heavy atom. The zero-order valence-electron chi connectivity index (χ0n) is 12.5. The summed E-state index contributed by atoms with van der Waals surface area (Å²) < 4.78 is 1.04. The molecule has 5 heteroatoms. The van der Waals surface area contributed by atoms with Crippen LogP contribution in [0.25, 0.3) is 0 Å². The lowest BCUT2D eigenvalue weighted by atomic mass is 9.93. The van der Waals surface area contributed by atoms with Crippen LogP contribution in [0.5, 0.6) is 0 Å². The van der Waals surface area contributed by atoms with Crippen LogP contribution in [0.1, 0.15) is 20.8 Å². The number of carbonyl (C=O) groups is 1. The molecule has 1 aromatic carbocycles. The molecule has 20 heavy (non-hydrogen) atoms. The summed E-state index contributed by atoms with van der Waals surface area (Å²) in [5, 5.41) is -0.102. The molecule has 0 aliphatic carbocycles. The van der Waals surface area contributed by atoms with Crippen molar-refractivity contribution >= 4 is 33.6 Å². The molecule has 3 nitrogen and oxygen atoms in total. The lowest BCUT2D eigenvalue weighted by molar-refractivity contribution is -0.130. The Hall–Kier alpha value is -0.520. The number of hydrogen-bond donors (Lipinski definition) is 1. The van der Waals surface area contributed by atoms with Crippen molar-refractivity contribution in [2.24, 2.45) is 11.1 Å². The molecular weight excluding hydrogens is 336 g/mol. The maximum Gasteiger partial charge on any atom is 0.235 e. The largest absolute Gasteiger partial charge is 0.344 e. The highest BCUT2D eigenvalue weighted by molar-refractivity contribution is 9.10. The van der Waals surface area contributed by atoms with Crippen molar-refractivity contribution in [3.8, 4) is 0 Å². The molecule has 0 spiro atoms. The van der Waals surface area contributed by atoms with E-state index in [4.69, 9.17) is 5.73 Å². The predicted octanol–water partition coefficient (Wildman–Crippen LogP) is 3.37. The number of hydrogen-bond acceptors (Lipinski definition) is 3. The monoisotopic (exact) mass is 358 g/mol. The van der Waals surface area contributed by atoms with E-state index in [1.165, 1.54) is 0 Å². The molecule has 0 bridgehead atoms. The van der Waals surface area contributed by atoms with Gasteiger partial charge in [-0.1, -0.05) is 29.8 Å². The van der Waals surface area contributed by atoms with E-state index in [1.807, 2.05) is 38.2 Å². The lowest BCUT2D eigenvalue weighted by Crippen LogP contribution is -2.42. The number of carbonyl (C=O) groups excluding carboxylic acids is 1. The fourth-order valence-corrected chi connectivity index (χ4v) is 3.11. The summed E-state index contributed by atoms with van der Waals surface area (Å²) in [6.07, 6.45) is 0. The summed E-state index contributed by atoms with van der Waals surface area (Å²) in [7, 11) is 1.85. The first-order valence-corrected chi connectivity index (χ1v) is 8.30. The van der Waals surface area contributed by atoms with Crippen LogP contribution in [-0.4, -0.2) is 36.2 Å². The average Bonchev–Trinajstić information content (AvgIpc) is 2.40. The van der Waals surface area contributed by atoms with E-state index in [2.05, 4.69) is 29.8 Å². The van der Waals surface area contributed by atoms with Gasteiger partial charge in [0, 0.05) is 23.0 Å². The summed E-state index contributed by atoms with van der Waals surface area (Å²) >= 11 is 4.99. The van der Waals surface area contributed by atoms with Crippen molar-refractivity contribution in [1.29, 1.82) is 0 Å². The van der Waals surface area contributed by atoms with E-state index in [9.17, 15) is 4.79 Å². The Morgan fingerprint density at radius 1 is 1.40 bits per heavy atom. The topological polar surface area (TPSA) is 46.3 Å². The molecule has 0 saturated carbocycles. The third kappa shape index (κ3) is 5.46. The van der Waals surface area contributed by atoms with E-state index in [0.29, 0.717) is 13.1 Å². The van der Waals surface area contributed by atoms with Crippen molar-refractivity contribution in [3.05, 3.63) is 28.7 Å². The van der Waals surface area contributed by atoms with Gasteiger partial charge in [0.2, 0.25) is 5.91 Å². The third-order valence-electron chi connectivity index (χ3n) is 3.07. The van der Waals surface area contributed by atoms with E-state index in [0.717, 1.165) is 9.37 Å². The minimum absolute atomic E-state index is 0.0492. The first-order chi connectivity index (χ1) is 9.25. The molecule has 0 aliphatic rings. The van der Waals surface area contributed by atoms with Crippen LogP contribution in [-0.2, 0) is 4.79 Å². The van der Waals surface area contributed by atoms with Gasteiger partial charge in [-0.05, 0) is 43.1 Å². The second-order valence-electron chi connectivity index (χ2n) is 5.78. The zero-order valence-corrected chi connectivity index (χ0v) is 14.9. The second kappa shape index (κ2) is 7.48. The van der Waals surface area contributed by atoms with E-state index < -0.39 is 0 Å². The zero-order chi connectivity index (χ0) is 15.3. The number of benzene rings is 1. The fourth-order valence-electron chi connectivity index (χ4n) is 1.86. The van der Waals surface area contributed by atoms with Gasteiger partial charge in [-0.3, -0.25) is 4.79 Å². The Morgan fingerprint density at radius 2 is 1.95 bits per heavy atom. The van der Waals surface area contributed by atoms with E-state index in [1.54, 1.807) is 16.7 Å². The molecule has 0 aromatic heterocycles. The van der Waals surface area contributed by atoms with Crippen LogP contribution in [0.3, 0.4) is 0 Å². The Labute approximate surface area is 134 Å². The number of thioether (sulfide) groups is 1. The molecule has 1 amide bonds. The van der Waals surface area contributed by atoms with Gasteiger partial charge in [-0.15, -0.1) is 11.8 Å². The van der Waals surface area contributed by atoms with Crippen LogP contribution in [0.2, 0.25) is 0 Å². The van der Waals surface area contributed by atoms with Gasteiger partial charge in [-0.2, -0.15) is 0 Å². The van der Waals surface area contributed by atoms with Gasteiger partial charge in [0.25, 0.3) is 0 Å². The van der Waals surface area contributed by atoms with Gasteiger partial charge in [0.1, 0.15) is 0 Å². The summed E-state index contributed by atoms with van der Waals surface area (Å²) in [5.74, 6) is 0.138. The molecule has 1 unspecified atom stereocenters. The van der Waals surface area contributed by atoms with Crippen LogP contribution < -0.4 is 5.73 Å². The minimum atomic E-state index is -0.102. The first-order valence-electron chi connectivity index (χ1n) is 6.62. The van der Waals surface area contributed by atoms with Gasteiger partial charge >= 0.3 is 0 Å². The van der Waals surface area contributed by atoms with Crippen molar-refractivity contribution < 1.29 is 4.79 Å². The second-order valence-corrected chi connectivity index (χ2v) is 8.11. The standard InChI is InChI=1S/C15H23BrN2OS/c1-11(20-13-7-5-12(16)6-8-13)14(19)18(4)10-15(2,3)9-17/h5-8,11H,9-10,17H2,1-4H3. The molecule has 0 radical (unpaired) electrons. The summed E-state index contributed by atoms with van der Waals surface area (Å²) in [5.41, 5.74) is 5.67. The van der Waals surface area contributed by atoms with Gasteiger partial charge < -0.3 is 10.6 Å². The SMILES string of the molecule is CC(Sc1ccc(Br)cc1)C(=O)N(C)CC(C)(C)CN. The van der Waals surface area contributed by atoms with E-state index in [-0.39, 0.29) is 16.6 Å². The van der Waals surface area contributed by atoms with Crippen LogP contribution >= 0.6 is 27.7 Å². The van der Waals surface area contributed by atoms with Crippen LogP contribution in [0, 0.1) is 5.41 Å². The average molecular weight is 359 g/mol. The maximum atomic E-state index is 12.4. The number of rotatable bonds is 6. The minimum Gasteiger partial charge on any atom is -0.344 e. The molecule has 2 N–H and O–H groups in total. The Balaban J connectivity index is 2.60. The van der Waals surface area contributed by atoms with Gasteiger partial charge in [0.15, 0.2) is 0 Å². The molecular formula is C15H23BrN2OS. The van der Waals surface area contributed by atoms with Crippen molar-refractivity contribution in [2.45, 2.75) is 30.9 Å². The molecule has 0 fully saturated rings. The van der Waals surface area contributed by atoms with Gasteiger partial charge in [0.05, 0.1) is 5.25 Å². The number of nitrogens with zero attached hydrogens (tertiary/aromatic N) is 1. The molecule has 0 aliphatic heterocycles. The van der Waals surface area contributed by atoms with Crippen molar-refractivity contribution in [2.75, 3.05) is 20.1 Å². The number of halogens is 1. The van der Waals surface area contributed by atoms with Crippen LogP contribution in [0.15, 0.2) is 33.6 Å². The van der Waals surface area contributed by atoms with Crippen molar-refractivity contribution in [1.82, 2.24) is 4.90 Å². The number of amides is 1. The summed E-state index contributed by atoms with van der Waals surface area (Å²) in [6.45, 7) is 7.33. The predicted molar refractivity (Wildman–Crippen MR) is 89.9 cm³/mol. The number of nitrogens with two attached hydrogens (primary N) is 1. The van der Waals surface area contributed by atoms with Crippen molar-refractivity contribution in [3.63, 3.8) is 0 Å². The highest BCUT2D eigenvalue weighted by Gasteiger charge is 2.24. The Kier molecular flexibility index (Phi) is 6.55. The first kappa shape index (κ1) is 17.5. The normalized spacial score (nSPS) is 13.1.